The van der Waals surface area contributed by atoms with E-state index in [1.54, 1.807) is 0 Å². The molecule has 0 bridgehead atoms. The van der Waals surface area contributed by atoms with Gasteiger partial charge in [-0.25, -0.2) is 0 Å². The molecular formula is C12H17N3O2. The largest absolute Gasteiger partial charge is 0.358 e. The number of nitrogens with one attached hydrogen (secondary N) is 2. The topological polar surface area (TPSA) is 84.2 Å². The predicted octanol–water partition coefficient (Wildman–Crippen LogP) is -0.0613. The van der Waals surface area contributed by atoms with E-state index in [1.165, 1.54) is 7.05 Å². The fraction of sp³-hybridized carbons (Fsp3) is 0.333. The molecule has 2 amide bonds. The van der Waals surface area contributed by atoms with Crippen molar-refractivity contribution < 1.29 is 9.59 Å². The molecule has 0 aliphatic rings. The zero-order valence-corrected chi connectivity index (χ0v) is 9.77. The van der Waals surface area contributed by atoms with Gasteiger partial charge >= 0.3 is 0 Å². The van der Waals surface area contributed by atoms with Crippen LogP contribution in [-0.2, 0) is 9.59 Å². The molecule has 92 valence electrons. The Balaban J connectivity index is 2.39. The van der Waals surface area contributed by atoms with Crippen LogP contribution in [0.5, 0.6) is 0 Å². The second-order valence-electron chi connectivity index (χ2n) is 3.67. The molecule has 1 unspecified atom stereocenters. The Bertz CT molecular complexity index is 379. The van der Waals surface area contributed by atoms with Crippen molar-refractivity contribution in [2.24, 2.45) is 5.73 Å². The minimum Gasteiger partial charge on any atom is -0.358 e. The zero-order valence-electron chi connectivity index (χ0n) is 9.77. The number of carbonyl (C=O) groups excluding carboxylic acids is 2. The van der Waals surface area contributed by atoms with Gasteiger partial charge in [0.25, 0.3) is 0 Å². The van der Waals surface area contributed by atoms with Crippen LogP contribution in [-0.4, -0.2) is 25.4 Å². The molecule has 0 spiro atoms. The number of rotatable bonds is 5. The van der Waals surface area contributed by atoms with Crippen molar-refractivity contribution in [1.82, 2.24) is 10.6 Å². The lowest BCUT2D eigenvalue weighted by molar-refractivity contribution is -0.126. The van der Waals surface area contributed by atoms with Gasteiger partial charge in [-0.1, -0.05) is 30.3 Å². The quantitative estimate of drug-likeness (QED) is 0.668. The summed E-state index contributed by atoms with van der Waals surface area (Å²) in [7, 11) is 1.52. The highest BCUT2D eigenvalue weighted by Gasteiger charge is 2.11. The van der Waals surface area contributed by atoms with Crippen molar-refractivity contribution in [2.75, 3.05) is 13.6 Å². The van der Waals surface area contributed by atoms with Crippen molar-refractivity contribution in [3.8, 4) is 0 Å². The fourth-order valence-electron chi connectivity index (χ4n) is 1.36. The summed E-state index contributed by atoms with van der Waals surface area (Å²) in [5, 5.41) is 4.92. The summed E-state index contributed by atoms with van der Waals surface area (Å²) in [6.45, 7) is -0.0170. The molecule has 1 aromatic carbocycles. The molecule has 1 aromatic rings. The maximum Gasteiger partial charge on any atom is 0.239 e. The maximum absolute atomic E-state index is 11.5. The number of nitrogens with two attached hydrogens (primary N) is 1. The molecule has 5 nitrogen and oxygen atoms in total. The first-order valence-corrected chi connectivity index (χ1v) is 5.41. The Morgan fingerprint density at radius 1 is 1.24 bits per heavy atom. The van der Waals surface area contributed by atoms with Crippen molar-refractivity contribution in [2.45, 2.75) is 12.5 Å². The molecule has 0 heterocycles. The Morgan fingerprint density at radius 2 is 1.88 bits per heavy atom. The van der Waals surface area contributed by atoms with Crippen molar-refractivity contribution in [3.63, 3.8) is 0 Å². The molecule has 1 atom stereocenters. The van der Waals surface area contributed by atoms with E-state index in [2.05, 4.69) is 10.6 Å². The standard InChI is InChI=1S/C12H17N3O2/c1-14-12(17)8-15-11(16)7-10(13)9-5-3-2-4-6-9/h2-6,10H,7-8,13H2,1H3,(H,14,17)(H,15,16). The zero-order chi connectivity index (χ0) is 12.7. The lowest BCUT2D eigenvalue weighted by Crippen LogP contribution is -2.36. The number of hydrogen-bond donors (Lipinski definition) is 3. The monoisotopic (exact) mass is 235 g/mol. The van der Waals surface area contributed by atoms with Crippen LogP contribution in [0.15, 0.2) is 30.3 Å². The Morgan fingerprint density at radius 3 is 2.47 bits per heavy atom. The van der Waals surface area contributed by atoms with Gasteiger partial charge in [0.05, 0.1) is 6.54 Å². The minimum atomic E-state index is -0.346. The normalized spacial score (nSPS) is 11.6. The first-order chi connectivity index (χ1) is 8.13. The molecule has 1 rings (SSSR count). The minimum absolute atomic E-state index is 0.0170. The SMILES string of the molecule is CNC(=O)CNC(=O)CC(N)c1ccccc1. The second-order valence-corrected chi connectivity index (χ2v) is 3.67. The number of carbonyl (C=O) groups is 2. The average Bonchev–Trinajstić information content (AvgIpc) is 2.36. The van der Waals surface area contributed by atoms with Crippen LogP contribution in [0.25, 0.3) is 0 Å². The smallest absolute Gasteiger partial charge is 0.239 e. The second kappa shape index (κ2) is 6.65. The number of likely N-dealkylation sites (N-methyl/N-ethyl adjacent to an activating group) is 1. The number of amides is 2. The first-order valence-electron chi connectivity index (χ1n) is 5.41. The van der Waals surface area contributed by atoms with E-state index in [0.717, 1.165) is 5.56 Å². The highest BCUT2D eigenvalue weighted by molar-refractivity contribution is 5.84. The van der Waals surface area contributed by atoms with Crippen LogP contribution in [0.4, 0.5) is 0 Å². The van der Waals surface area contributed by atoms with E-state index in [0.29, 0.717) is 0 Å². The average molecular weight is 235 g/mol. The van der Waals surface area contributed by atoms with Crippen LogP contribution in [0.1, 0.15) is 18.0 Å². The molecular weight excluding hydrogens is 218 g/mol. The van der Waals surface area contributed by atoms with Gasteiger partial charge in [-0.3, -0.25) is 9.59 Å². The van der Waals surface area contributed by atoms with Crippen LogP contribution in [0.3, 0.4) is 0 Å². The third kappa shape index (κ3) is 4.65. The summed E-state index contributed by atoms with van der Waals surface area (Å²) in [6, 6.07) is 9.03. The highest BCUT2D eigenvalue weighted by Crippen LogP contribution is 2.12. The lowest BCUT2D eigenvalue weighted by atomic mass is 10.0. The molecule has 0 radical (unpaired) electrons. The number of benzene rings is 1. The van der Waals surface area contributed by atoms with Gasteiger partial charge in [-0.15, -0.1) is 0 Å². The van der Waals surface area contributed by atoms with Gasteiger partial charge in [-0.2, -0.15) is 0 Å². The molecule has 0 fully saturated rings. The van der Waals surface area contributed by atoms with E-state index in [9.17, 15) is 9.59 Å². The molecule has 0 aliphatic carbocycles. The van der Waals surface area contributed by atoms with Crippen LogP contribution in [0, 0.1) is 0 Å². The maximum atomic E-state index is 11.5. The summed E-state index contributed by atoms with van der Waals surface area (Å²) < 4.78 is 0. The number of hydrogen-bond acceptors (Lipinski definition) is 3. The van der Waals surface area contributed by atoms with Crippen molar-refractivity contribution >= 4 is 11.8 Å². The van der Waals surface area contributed by atoms with E-state index in [1.807, 2.05) is 30.3 Å². The third-order valence-electron chi connectivity index (χ3n) is 2.36. The molecule has 0 aromatic heterocycles. The van der Waals surface area contributed by atoms with Gasteiger partial charge in [-0.05, 0) is 5.56 Å². The summed E-state index contributed by atoms with van der Waals surface area (Å²) >= 11 is 0. The molecule has 0 saturated heterocycles. The lowest BCUT2D eigenvalue weighted by Gasteiger charge is -2.11. The molecule has 17 heavy (non-hydrogen) atoms. The highest BCUT2D eigenvalue weighted by atomic mass is 16.2. The van der Waals surface area contributed by atoms with Gasteiger partial charge in [0.1, 0.15) is 0 Å². The molecule has 0 saturated carbocycles. The van der Waals surface area contributed by atoms with Crippen molar-refractivity contribution in [3.05, 3.63) is 35.9 Å². The summed E-state index contributed by atoms with van der Waals surface area (Å²) in [5.41, 5.74) is 6.78. The molecule has 0 aliphatic heterocycles. The van der Waals surface area contributed by atoms with Crippen LogP contribution in [0.2, 0.25) is 0 Å². The Hall–Kier alpha value is -1.88. The van der Waals surface area contributed by atoms with E-state index >= 15 is 0 Å². The van der Waals surface area contributed by atoms with Gasteiger partial charge in [0, 0.05) is 19.5 Å². The fourth-order valence-corrected chi connectivity index (χ4v) is 1.36. The predicted molar refractivity (Wildman–Crippen MR) is 65.1 cm³/mol. The first kappa shape index (κ1) is 13.2. The van der Waals surface area contributed by atoms with E-state index in [-0.39, 0.29) is 30.8 Å². The third-order valence-corrected chi connectivity index (χ3v) is 2.36. The summed E-state index contributed by atoms with van der Waals surface area (Å²) in [4.78, 5) is 22.4. The molecule has 5 heteroatoms. The van der Waals surface area contributed by atoms with Gasteiger partial charge in [0.2, 0.25) is 11.8 Å². The van der Waals surface area contributed by atoms with Crippen LogP contribution < -0.4 is 16.4 Å². The van der Waals surface area contributed by atoms with Gasteiger partial charge in [0.15, 0.2) is 0 Å². The summed E-state index contributed by atoms with van der Waals surface area (Å²) in [5.74, 6) is -0.461. The Kier molecular flexibility index (Phi) is 5.16. The molecule has 4 N–H and O–H groups in total. The van der Waals surface area contributed by atoms with Gasteiger partial charge < -0.3 is 16.4 Å². The van der Waals surface area contributed by atoms with E-state index < -0.39 is 0 Å². The Labute approximate surface area is 100 Å². The van der Waals surface area contributed by atoms with Crippen LogP contribution >= 0.6 is 0 Å². The van der Waals surface area contributed by atoms with E-state index in [4.69, 9.17) is 5.73 Å². The van der Waals surface area contributed by atoms with Crippen molar-refractivity contribution in [1.29, 1.82) is 0 Å². The summed E-state index contributed by atoms with van der Waals surface area (Å²) in [6.07, 6.45) is 0.168.